The first-order valence-corrected chi connectivity index (χ1v) is 6.60. The van der Waals surface area contributed by atoms with Crippen LogP contribution in [0.2, 0.25) is 0 Å². The summed E-state index contributed by atoms with van der Waals surface area (Å²) in [7, 11) is 0. The van der Waals surface area contributed by atoms with Crippen molar-refractivity contribution in [2.24, 2.45) is 11.8 Å². The minimum Gasteiger partial charge on any atom is -0.481 e. The normalized spacial score (nSPS) is 25.2. The number of aliphatic carboxylic acids is 2. The number of non-ortho nitro benzene ring substituents is 1. The topological polar surface area (TPSA) is 118 Å². The van der Waals surface area contributed by atoms with Gasteiger partial charge in [-0.25, -0.2) is 0 Å². The standard InChI is InChI=1S/C14H15NO6/c16-13(17)11-6-3-9(7-12(11)14(18)19)8-1-4-10(5-2-8)15(20)21/h1-2,4-5,9,11-12H,3,6-7H2,(H,16,17)(H,18,19)/t9-,11+,12-/m0/s1. The van der Waals surface area contributed by atoms with E-state index in [-0.39, 0.29) is 18.0 Å². The quantitative estimate of drug-likeness (QED) is 0.649. The van der Waals surface area contributed by atoms with Crippen LogP contribution in [0.25, 0.3) is 0 Å². The zero-order valence-corrected chi connectivity index (χ0v) is 11.1. The molecule has 3 atom stereocenters. The Kier molecular flexibility index (Phi) is 4.21. The molecule has 2 N–H and O–H groups in total. The molecule has 1 fully saturated rings. The highest BCUT2D eigenvalue weighted by atomic mass is 16.6. The largest absolute Gasteiger partial charge is 0.481 e. The second-order valence-electron chi connectivity index (χ2n) is 5.25. The Morgan fingerprint density at radius 3 is 2.10 bits per heavy atom. The molecule has 2 rings (SSSR count). The molecule has 1 saturated carbocycles. The monoisotopic (exact) mass is 293 g/mol. The van der Waals surface area contributed by atoms with Crippen molar-refractivity contribution >= 4 is 17.6 Å². The summed E-state index contributed by atoms with van der Waals surface area (Å²) in [6, 6.07) is 5.99. The number of carboxylic acids is 2. The number of nitro benzene ring substituents is 1. The van der Waals surface area contributed by atoms with Crippen LogP contribution in [0.3, 0.4) is 0 Å². The summed E-state index contributed by atoms with van der Waals surface area (Å²) in [5.74, 6) is -4.05. The van der Waals surface area contributed by atoms with E-state index in [2.05, 4.69) is 0 Å². The highest BCUT2D eigenvalue weighted by Gasteiger charge is 2.39. The Morgan fingerprint density at radius 2 is 1.62 bits per heavy atom. The van der Waals surface area contributed by atoms with Crippen LogP contribution >= 0.6 is 0 Å². The van der Waals surface area contributed by atoms with Crippen molar-refractivity contribution in [3.63, 3.8) is 0 Å². The van der Waals surface area contributed by atoms with Crippen LogP contribution in [0.5, 0.6) is 0 Å². The summed E-state index contributed by atoms with van der Waals surface area (Å²) < 4.78 is 0. The maximum atomic E-state index is 11.2. The molecule has 112 valence electrons. The number of carboxylic acid groups (broad SMARTS) is 2. The molecule has 0 spiro atoms. The fourth-order valence-corrected chi connectivity index (χ4v) is 2.91. The fourth-order valence-electron chi connectivity index (χ4n) is 2.91. The van der Waals surface area contributed by atoms with Crippen LogP contribution in [0.15, 0.2) is 24.3 Å². The Morgan fingerprint density at radius 1 is 1.05 bits per heavy atom. The lowest BCUT2D eigenvalue weighted by Gasteiger charge is -2.31. The first-order chi connectivity index (χ1) is 9.90. The SMILES string of the molecule is O=C(O)[C@H]1C[C@@H](c2ccc([N+](=O)[O-])cc2)CC[C@H]1C(=O)O. The fraction of sp³-hybridized carbons (Fsp3) is 0.429. The van der Waals surface area contributed by atoms with Gasteiger partial charge in [0.15, 0.2) is 0 Å². The molecule has 7 heteroatoms. The second-order valence-corrected chi connectivity index (χ2v) is 5.25. The molecule has 0 aliphatic heterocycles. The molecular formula is C14H15NO6. The van der Waals surface area contributed by atoms with Crippen LogP contribution in [0.1, 0.15) is 30.7 Å². The van der Waals surface area contributed by atoms with E-state index in [0.29, 0.717) is 12.8 Å². The van der Waals surface area contributed by atoms with E-state index in [0.717, 1.165) is 5.56 Å². The van der Waals surface area contributed by atoms with Gasteiger partial charge in [-0.3, -0.25) is 19.7 Å². The van der Waals surface area contributed by atoms with Crippen LogP contribution in [0, 0.1) is 22.0 Å². The van der Waals surface area contributed by atoms with Crippen molar-refractivity contribution in [3.8, 4) is 0 Å². The molecule has 21 heavy (non-hydrogen) atoms. The first kappa shape index (κ1) is 15.0. The van der Waals surface area contributed by atoms with Gasteiger partial charge in [0.2, 0.25) is 0 Å². The predicted octanol–water partition coefficient (Wildman–Crippen LogP) is 2.26. The van der Waals surface area contributed by atoms with Gasteiger partial charge in [0.25, 0.3) is 5.69 Å². The van der Waals surface area contributed by atoms with E-state index in [1.165, 1.54) is 12.1 Å². The summed E-state index contributed by atoms with van der Waals surface area (Å²) in [5.41, 5.74) is 0.795. The number of carbonyl (C=O) groups is 2. The molecule has 0 unspecified atom stereocenters. The molecule has 0 radical (unpaired) electrons. The lowest BCUT2D eigenvalue weighted by molar-refractivity contribution is -0.384. The number of hydrogen-bond donors (Lipinski definition) is 2. The van der Waals surface area contributed by atoms with Gasteiger partial charge < -0.3 is 10.2 Å². The van der Waals surface area contributed by atoms with E-state index in [1.54, 1.807) is 12.1 Å². The highest BCUT2D eigenvalue weighted by molar-refractivity contribution is 5.80. The zero-order chi connectivity index (χ0) is 15.6. The van der Waals surface area contributed by atoms with Gasteiger partial charge in [0.1, 0.15) is 0 Å². The molecule has 0 aromatic heterocycles. The van der Waals surface area contributed by atoms with E-state index in [4.69, 9.17) is 5.11 Å². The van der Waals surface area contributed by atoms with Gasteiger partial charge in [0, 0.05) is 12.1 Å². The van der Waals surface area contributed by atoms with Gasteiger partial charge >= 0.3 is 11.9 Å². The molecule has 0 saturated heterocycles. The molecule has 0 heterocycles. The van der Waals surface area contributed by atoms with Crippen molar-refractivity contribution in [2.45, 2.75) is 25.2 Å². The number of hydrogen-bond acceptors (Lipinski definition) is 4. The lowest BCUT2D eigenvalue weighted by atomic mass is 9.72. The smallest absolute Gasteiger partial charge is 0.307 e. The Hall–Kier alpha value is -2.44. The van der Waals surface area contributed by atoms with Gasteiger partial charge in [0.05, 0.1) is 16.8 Å². The third-order valence-electron chi connectivity index (χ3n) is 4.06. The molecule has 1 aliphatic carbocycles. The number of benzene rings is 1. The minimum atomic E-state index is -1.10. The number of nitro groups is 1. The van der Waals surface area contributed by atoms with E-state index >= 15 is 0 Å². The zero-order valence-electron chi connectivity index (χ0n) is 11.1. The van der Waals surface area contributed by atoms with Gasteiger partial charge in [-0.05, 0) is 30.7 Å². The van der Waals surface area contributed by atoms with Crippen LogP contribution in [-0.2, 0) is 9.59 Å². The predicted molar refractivity (Wildman–Crippen MR) is 71.9 cm³/mol. The van der Waals surface area contributed by atoms with Crippen LogP contribution < -0.4 is 0 Å². The summed E-state index contributed by atoms with van der Waals surface area (Å²) >= 11 is 0. The second kappa shape index (κ2) is 5.90. The molecule has 0 bridgehead atoms. The van der Waals surface area contributed by atoms with Gasteiger partial charge in [-0.1, -0.05) is 12.1 Å². The van der Waals surface area contributed by atoms with Crippen LogP contribution in [0.4, 0.5) is 5.69 Å². The Balaban J connectivity index is 2.17. The average molecular weight is 293 g/mol. The third kappa shape index (κ3) is 3.18. The van der Waals surface area contributed by atoms with Gasteiger partial charge in [-0.2, -0.15) is 0 Å². The summed E-state index contributed by atoms with van der Waals surface area (Å²) in [4.78, 5) is 32.4. The van der Waals surface area contributed by atoms with Crippen LogP contribution in [-0.4, -0.2) is 27.1 Å². The molecule has 1 aromatic carbocycles. The maximum absolute atomic E-state index is 11.2. The molecule has 7 nitrogen and oxygen atoms in total. The van der Waals surface area contributed by atoms with Crippen molar-refractivity contribution in [1.29, 1.82) is 0 Å². The summed E-state index contributed by atoms with van der Waals surface area (Å²) in [6.07, 6.45) is 1.11. The summed E-state index contributed by atoms with van der Waals surface area (Å²) in [6.45, 7) is 0. The van der Waals surface area contributed by atoms with Crippen molar-refractivity contribution in [3.05, 3.63) is 39.9 Å². The van der Waals surface area contributed by atoms with Crippen molar-refractivity contribution in [2.75, 3.05) is 0 Å². The molecule has 1 aliphatic rings. The minimum absolute atomic E-state index is 0.0206. The van der Waals surface area contributed by atoms with E-state index in [9.17, 15) is 24.8 Å². The molecular weight excluding hydrogens is 278 g/mol. The summed E-state index contributed by atoms with van der Waals surface area (Å²) in [5, 5.41) is 28.9. The first-order valence-electron chi connectivity index (χ1n) is 6.60. The average Bonchev–Trinajstić information content (AvgIpc) is 2.46. The molecule has 0 amide bonds. The Labute approximate surface area is 120 Å². The van der Waals surface area contributed by atoms with Gasteiger partial charge in [-0.15, -0.1) is 0 Å². The van der Waals surface area contributed by atoms with E-state index < -0.39 is 28.7 Å². The third-order valence-corrected chi connectivity index (χ3v) is 4.06. The lowest BCUT2D eigenvalue weighted by Crippen LogP contribution is -2.35. The van der Waals surface area contributed by atoms with Crippen molar-refractivity contribution in [1.82, 2.24) is 0 Å². The number of rotatable bonds is 4. The van der Waals surface area contributed by atoms with E-state index in [1.807, 2.05) is 0 Å². The highest BCUT2D eigenvalue weighted by Crippen LogP contribution is 2.40. The maximum Gasteiger partial charge on any atom is 0.307 e. The Bertz CT molecular complexity index is 567. The van der Waals surface area contributed by atoms with Crippen molar-refractivity contribution < 1.29 is 24.7 Å². The molecule has 1 aromatic rings. The number of nitrogens with zero attached hydrogens (tertiary/aromatic N) is 1.